The summed E-state index contributed by atoms with van der Waals surface area (Å²) >= 11 is 5.96. The lowest BCUT2D eigenvalue weighted by Crippen LogP contribution is -2.30. The summed E-state index contributed by atoms with van der Waals surface area (Å²) in [4.78, 5) is 12.3. The quantitative estimate of drug-likeness (QED) is 0.675. The molecular weight excluding hydrogens is 404 g/mol. The first-order valence-electron chi connectivity index (χ1n) is 8.51. The predicted octanol–water partition coefficient (Wildman–Crippen LogP) is 3.36. The smallest absolute Gasteiger partial charge is 0.262 e. The number of methoxy groups -OCH3 is 1. The molecule has 0 radical (unpaired) electrons. The number of nitrogens with one attached hydrogen (secondary N) is 2. The molecule has 0 aliphatic carbocycles. The van der Waals surface area contributed by atoms with E-state index in [0.717, 1.165) is 5.56 Å². The van der Waals surface area contributed by atoms with Gasteiger partial charge in [-0.05, 0) is 62.7 Å². The minimum Gasteiger partial charge on any atom is -0.495 e. The Hall–Kier alpha value is -2.29. The molecule has 2 aromatic rings. The van der Waals surface area contributed by atoms with E-state index < -0.39 is 15.9 Å². The van der Waals surface area contributed by atoms with Crippen LogP contribution in [0.5, 0.6) is 11.5 Å². The number of anilines is 1. The average Bonchev–Trinajstić information content (AvgIpc) is 2.61. The molecule has 0 saturated heterocycles. The van der Waals surface area contributed by atoms with Gasteiger partial charge in [0.2, 0.25) is 10.0 Å². The topological polar surface area (TPSA) is 93.7 Å². The van der Waals surface area contributed by atoms with Crippen LogP contribution < -0.4 is 19.5 Å². The fraction of sp³-hybridized carbons (Fsp3) is 0.316. The van der Waals surface area contributed by atoms with Gasteiger partial charge >= 0.3 is 0 Å². The maximum Gasteiger partial charge on any atom is 0.262 e. The Morgan fingerprint density at radius 1 is 1.18 bits per heavy atom. The van der Waals surface area contributed by atoms with Crippen molar-refractivity contribution in [3.8, 4) is 11.5 Å². The molecule has 9 heteroatoms. The molecule has 28 heavy (non-hydrogen) atoms. The Labute approximate surface area is 170 Å². The normalized spacial score (nSPS) is 11.4. The zero-order chi connectivity index (χ0) is 20.9. The monoisotopic (exact) mass is 426 g/mol. The van der Waals surface area contributed by atoms with E-state index in [2.05, 4.69) is 10.0 Å². The summed E-state index contributed by atoms with van der Waals surface area (Å²) in [5.74, 6) is 0.373. The molecule has 0 spiro atoms. The zero-order valence-corrected chi connectivity index (χ0v) is 17.6. The van der Waals surface area contributed by atoms with Crippen molar-refractivity contribution in [1.29, 1.82) is 0 Å². The standard InChI is InChI=1S/C19H23ClN2O5S/c1-12(2)22-28(24,25)15-6-8-18(26-4)17(10-15)21-19(23)11-27-14-5-7-16(20)13(3)9-14/h5-10,12,22H,11H2,1-4H3,(H,21,23). The molecule has 0 unspecified atom stereocenters. The minimum absolute atomic E-state index is 0.0199. The summed E-state index contributed by atoms with van der Waals surface area (Å²) in [6.45, 7) is 5.02. The van der Waals surface area contributed by atoms with Gasteiger partial charge in [0.15, 0.2) is 6.61 Å². The van der Waals surface area contributed by atoms with Crippen molar-refractivity contribution < 1.29 is 22.7 Å². The second-order valence-corrected chi connectivity index (χ2v) is 8.51. The highest BCUT2D eigenvalue weighted by Gasteiger charge is 2.18. The Balaban J connectivity index is 2.13. The number of hydrogen-bond donors (Lipinski definition) is 2. The van der Waals surface area contributed by atoms with Crippen molar-refractivity contribution in [1.82, 2.24) is 4.72 Å². The van der Waals surface area contributed by atoms with Gasteiger partial charge in [-0.15, -0.1) is 0 Å². The SMILES string of the molecule is COc1ccc(S(=O)(=O)NC(C)C)cc1NC(=O)COc1ccc(Cl)c(C)c1. The fourth-order valence-electron chi connectivity index (χ4n) is 2.37. The van der Waals surface area contributed by atoms with Crippen molar-refractivity contribution in [2.75, 3.05) is 19.0 Å². The van der Waals surface area contributed by atoms with Crippen molar-refractivity contribution >= 4 is 33.2 Å². The van der Waals surface area contributed by atoms with Gasteiger partial charge in [0, 0.05) is 11.1 Å². The second kappa shape index (κ2) is 9.27. The highest BCUT2D eigenvalue weighted by Crippen LogP contribution is 2.28. The second-order valence-electron chi connectivity index (χ2n) is 6.39. The molecule has 7 nitrogen and oxygen atoms in total. The molecule has 0 fully saturated rings. The summed E-state index contributed by atoms with van der Waals surface area (Å²) < 4.78 is 37.9. The number of aryl methyl sites for hydroxylation is 1. The van der Waals surface area contributed by atoms with Crippen molar-refractivity contribution in [2.45, 2.75) is 31.7 Å². The molecule has 0 bridgehead atoms. The molecule has 0 aliphatic rings. The zero-order valence-electron chi connectivity index (χ0n) is 16.1. The molecule has 2 N–H and O–H groups in total. The lowest BCUT2D eigenvalue weighted by Gasteiger charge is -2.14. The fourth-order valence-corrected chi connectivity index (χ4v) is 3.77. The van der Waals surface area contributed by atoms with Gasteiger partial charge in [-0.3, -0.25) is 4.79 Å². The van der Waals surface area contributed by atoms with Crippen LogP contribution in [0.4, 0.5) is 5.69 Å². The van der Waals surface area contributed by atoms with Crippen LogP contribution in [-0.4, -0.2) is 34.1 Å². The van der Waals surface area contributed by atoms with Crippen LogP contribution in [0.2, 0.25) is 5.02 Å². The van der Waals surface area contributed by atoms with Gasteiger partial charge in [-0.1, -0.05) is 11.6 Å². The van der Waals surface area contributed by atoms with Crippen LogP contribution in [0.3, 0.4) is 0 Å². The van der Waals surface area contributed by atoms with E-state index in [4.69, 9.17) is 21.1 Å². The van der Waals surface area contributed by atoms with Crippen LogP contribution in [0.1, 0.15) is 19.4 Å². The number of sulfonamides is 1. The van der Waals surface area contributed by atoms with Crippen LogP contribution in [0.25, 0.3) is 0 Å². The van der Waals surface area contributed by atoms with E-state index in [1.807, 2.05) is 6.92 Å². The van der Waals surface area contributed by atoms with Gasteiger partial charge in [0.05, 0.1) is 17.7 Å². The van der Waals surface area contributed by atoms with Gasteiger partial charge in [0.1, 0.15) is 11.5 Å². The number of halogens is 1. The summed E-state index contributed by atoms with van der Waals surface area (Å²) in [5, 5.41) is 3.22. The molecule has 152 valence electrons. The van der Waals surface area contributed by atoms with E-state index >= 15 is 0 Å². The van der Waals surface area contributed by atoms with Gasteiger partial charge < -0.3 is 14.8 Å². The summed E-state index contributed by atoms with van der Waals surface area (Å²) in [6, 6.07) is 9.04. The highest BCUT2D eigenvalue weighted by molar-refractivity contribution is 7.89. The van der Waals surface area contributed by atoms with Crippen LogP contribution in [0.15, 0.2) is 41.3 Å². The first-order chi connectivity index (χ1) is 13.1. The molecule has 0 heterocycles. The summed E-state index contributed by atoms with van der Waals surface area (Å²) in [6.07, 6.45) is 0. The van der Waals surface area contributed by atoms with Crippen molar-refractivity contribution in [3.63, 3.8) is 0 Å². The van der Waals surface area contributed by atoms with Gasteiger partial charge in [-0.2, -0.15) is 0 Å². The van der Waals surface area contributed by atoms with Gasteiger partial charge in [0.25, 0.3) is 5.91 Å². The molecule has 0 saturated carbocycles. The molecule has 2 aromatic carbocycles. The van der Waals surface area contributed by atoms with E-state index in [0.29, 0.717) is 16.5 Å². The minimum atomic E-state index is -3.71. The highest BCUT2D eigenvalue weighted by atomic mass is 35.5. The van der Waals surface area contributed by atoms with E-state index in [9.17, 15) is 13.2 Å². The molecule has 1 amide bonds. The Morgan fingerprint density at radius 3 is 2.50 bits per heavy atom. The molecule has 2 rings (SSSR count). The average molecular weight is 427 g/mol. The summed E-state index contributed by atoms with van der Waals surface area (Å²) in [5.41, 5.74) is 1.06. The number of amides is 1. The van der Waals surface area contributed by atoms with Crippen LogP contribution in [0, 0.1) is 6.92 Å². The van der Waals surface area contributed by atoms with E-state index in [1.165, 1.54) is 25.3 Å². The van der Waals surface area contributed by atoms with E-state index in [1.54, 1.807) is 32.0 Å². The first kappa shape index (κ1) is 22.0. The molecular formula is C19H23ClN2O5S. The Bertz CT molecular complexity index is 961. The molecule has 0 aromatic heterocycles. The lowest BCUT2D eigenvalue weighted by molar-refractivity contribution is -0.118. The molecule has 0 atom stereocenters. The summed E-state index contributed by atoms with van der Waals surface area (Å²) in [7, 11) is -2.28. The maximum atomic E-state index is 12.4. The lowest BCUT2D eigenvalue weighted by atomic mass is 10.2. The van der Waals surface area contributed by atoms with Crippen LogP contribution >= 0.6 is 11.6 Å². The predicted molar refractivity (Wildman–Crippen MR) is 109 cm³/mol. The third-order valence-electron chi connectivity index (χ3n) is 3.65. The van der Waals surface area contributed by atoms with Crippen molar-refractivity contribution in [3.05, 3.63) is 47.0 Å². The number of carbonyl (C=O) groups excluding carboxylic acids is 1. The number of hydrogen-bond acceptors (Lipinski definition) is 5. The molecule has 0 aliphatic heterocycles. The third-order valence-corrected chi connectivity index (χ3v) is 5.73. The first-order valence-corrected chi connectivity index (χ1v) is 10.4. The van der Waals surface area contributed by atoms with Crippen LogP contribution in [-0.2, 0) is 14.8 Å². The number of carbonyl (C=O) groups is 1. The maximum absolute atomic E-state index is 12.4. The number of benzene rings is 2. The van der Waals surface area contributed by atoms with Gasteiger partial charge in [-0.25, -0.2) is 13.1 Å². The largest absolute Gasteiger partial charge is 0.495 e. The Kier molecular flexibility index (Phi) is 7.29. The Morgan fingerprint density at radius 2 is 1.89 bits per heavy atom. The number of rotatable bonds is 8. The number of ether oxygens (including phenoxy) is 2. The third kappa shape index (κ3) is 5.85. The van der Waals surface area contributed by atoms with Crippen molar-refractivity contribution in [2.24, 2.45) is 0 Å². The van der Waals surface area contributed by atoms with E-state index in [-0.39, 0.29) is 23.2 Å².